The van der Waals surface area contributed by atoms with Crippen LogP contribution in [0.1, 0.15) is 10.4 Å². The van der Waals surface area contributed by atoms with Crippen LogP contribution in [-0.4, -0.2) is 20.3 Å². The molecule has 1 heterocycles. The molecule has 0 bridgehead atoms. The number of fused-ring (bicyclic) bond motifs is 1. The highest BCUT2D eigenvalue weighted by molar-refractivity contribution is 5.96. The summed E-state index contributed by atoms with van der Waals surface area (Å²) in [6, 6.07) is 13.4. The van der Waals surface area contributed by atoms with Crippen LogP contribution in [0.3, 0.4) is 0 Å². The number of benzene rings is 2. The molecule has 21 heavy (non-hydrogen) atoms. The van der Waals surface area contributed by atoms with E-state index >= 15 is 0 Å². The molecular weight excluding hydrogens is 270 g/mol. The zero-order valence-electron chi connectivity index (χ0n) is 11.0. The quantitative estimate of drug-likeness (QED) is 0.418. The van der Waals surface area contributed by atoms with E-state index in [0.717, 1.165) is 0 Å². The Kier molecular flexibility index (Phi) is 3.19. The summed E-state index contributed by atoms with van der Waals surface area (Å²) in [5.41, 5.74) is 1.82. The lowest BCUT2D eigenvalue weighted by molar-refractivity contribution is -0.384. The highest BCUT2D eigenvalue weighted by atomic mass is 16.6. The summed E-state index contributed by atoms with van der Waals surface area (Å²) >= 11 is 0. The van der Waals surface area contributed by atoms with E-state index in [9.17, 15) is 14.9 Å². The van der Waals surface area contributed by atoms with Gasteiger partial charge in [-0.3, -0.25) is 14.9 Å². The van der Waals surface area contributed by atoms with Crippen LogP contribution in [0.4, 0.5) is 5.69 Å². The maximum atomic E-state index is 12.2. The highest BCUT2D eigenvalue weighted by Gasteiger charge is 2.12. The van der Waals surface area contributed by atoms with Crippen molar-refractivity contribution in [3.8, 4) is 0 Å². The number of nitrogens with zero attached hydrogens (tertiary/aromatic N) is 3. The predicted octanol–water partition coefficient (Wildman–Crippen LogP) is 2.83. The lowest BCUT2D eigenvalue weighted by Crippen LogP contribution is -2.09. The number of hydrogen-bond acceptors (Lipinski definition) is 4. The van der Waals surface area contributed by atoms with Gasteiger partial charge in [-0.2, -0.15) is 0 Å². The minimum Gasteiger partial charge on any atom is -0.323 e. The van der Waals surface area contributed by atoms with Crippen LogP contribution in [-0.2, 0) is 6.54 Å². The first-order valence-electron chi connectivity index (χ1n) is 6.32. The van der Waals surface area contributed by atoms with Crippen LogP contribution in [0, 0.1) is 10.1 Å². The first kappa shape index (κ1) is 13.0. The fraction of sp³-hybridized carbons (Fsp3) is 0.0667. The maximum absolute atomic E-state index is 12.2. The van der Waals surface area contributed by atoms with Crippen molar-refractivity contribution in [1.29, 1.82) is 0 Å². The number of aromatic nitrogens is 2. The Morgan fingerprint density at radius 2 is 1.95 bits per heavy atom. The molecule has 1 aromatic heterocycles. The molecular formula is C15H11N3O3. The largest absolute Gasteiger partial charge is 0.323 e. The van der Waals surface area contributed by atoms with Crippen LogP contribution < -0.4 is 0 Å². The number of non-ortho nitro benzene ring substituents is 1. The SMILES string of the molecule is O=C(Cn1cnc2cc([N+](=O)[O-])ccc21)c1ccccc1. The molecule has 3 rings (SSSR count). The molecule has 0 aliphatic rings. The molecule has 0 fully saturated rings. The van der Waals surface area contributed by atoms with Crippen LogP contribution >= 0.6 is 0 Å². The van der Waals surface area contributed by atoms with E-state index in [-0.39, 0.29) is 18.0 Å². The number of carbonyl (C=O) groups excluding carboxylic acids is 1. The fourth-order valence-electron chi connectivity index (χ4n) is 2.16. The van der Waals surface area contributed by atoms with Gasteiger partial charge in [0.15, 0.2) is 5.78 Å². The van der Waals surface area contributed by atoms with E-state index < -0.39 is 4.92 Å². The van der Waals surface area contributed by atoms with Crippen LogP contribution in [0.5, 0.6) is 0 Å². The zero-order valence-corrected chi connectivity index (χ0v) is 11.0. The van der Waals surface area contributed by atoms with Gasteiger partial charge in [-0.15, -0.1) is 0 Å². The van der Waals surface area contributed by atoms with Gasteiger partial charge in [-0.25, -0.2) is 4.98 Å². The average Bonchev–Trinajstić information content (AvgIpc) is 2.90. The number of nitro benzene ring substituents is 1. The first-order valence-corrected chi connectivity index (χ1v) is 6.32. The van der Waals surface area contributed by atoms with Gasteiger partial charge in [0.25, 0.3) is 5.69 Å². The summed E-state index contributed by atoms with van der Waals surface area (Å²) in [4.78, 5) is 26.6. The van der Waals surface area contributed by atoms with E-state index in [1.807, 2.05) is 18.2 Å². The van der Waals surface area contributed by atoms with Crippen molar-refractivity contribution in [2.75, 3.05) is 0 Å². The van der Waals surface area contributed by atoms with Gasteiger partial charge in [0.2, 0.25) is 0 Å². The third-order valence-electron chi connectivity index (χ3n) is 3.23. The molecule has 0 amide bonds. The Morgan fingerprint density at radius 1 is 1.19 bits per heavy atom. The van der Waals surface area contributed by atoms with E-state index in [1.165, 1.54) is 18.5 Å². The molecule has 2 aromatic carbocycles. The molecule has 0 aliphatic carbocycles. The normalized spacial score (nSPS) is 10.7. The highest BCUT2D eigenvalue weighted by Crippen LogP contribution is 2.20. The van der Waals surface area contributed by atoms with Crippen molar-refractivity contribution in [3.63, 3.8) is 0 Å². The summed E-state index contributed by atoms with van der Waals surface area (Å²) in [7, 11) is 0. The number of carbonyl (C=O) groups is 1. The molecule has 0 spiro atoms. The molecule has 6 nitrogen and oxygen atoms in total. The Hall–Kier alpha value is -3.02. The Bertz CT molecular complexity index is 825. The molecule has 0 saturated heterocycles. The van der Waals surface area contributed by atoms with E-state index in [2.05, 4.69) is 4.98 Å². The Labute approximate surface area is 119 Å². The topological polar surface area (TPSA) is 78.0 Å². The molecule has 0 radical (unpaired) electrons. The third-order valence-corrected chi connectivity index (χ3v) is 3.23. The molecule has 0 N–H and O–H groups in total. The maximum Gasteiger partial charge on any atom is 0.271 e. The van der Waals surface area contributed by atoms with Crippen molar-refractivity contribution < 1.29 is 9.72 Å². The number of ketones is 1. The summed E-state index contributed by atoms with van der Waals surface area (Å²) in [6.07, 6.45) is 1.52. The summed E-state index contributed by atoms with van der Waals surface area (Å²) in [5.74, 6) is -0.0340. The molecule has 104 valence electrons. The summed E-state index contributed by atoms with van der Waals surface area (Å²) in [5, 5.41) is 10.7. The van der Waals surface area contributed by atoms with Gasteiger partial charge in [-0.1, -0.05) is 30.3 Å². The summed E-state index contributed by atoms with van der Waals surface area (Å²) in [6.45, 7) is 0.151. The smallest absolute Gasteiger partial charge is 0.271 e. The van der Waals surface area contributed by atoms with Gasteiger partial charge in [0.1, 0.15) is 0 Å². The molecule has 6 heteroatoms. The lowest BCUT2D eigenvalue weighted by atomic mass is 10.1. The van der Waals surface area contributed by atoms with Crippen LogP contribution in [0.15, 0.2) is 54.9 Å². The van der Waals surface area contributed by atoms with Gasteiger partial charge >= 0.3 is 0 Å². The second kappa shape index (κ2) is 5.16. The van der Waals surface area contributed by atoms with Crippen molar-refractivity contribution in [2.24, 2.45) is 0 Å². The van der Waals surface area contributed by atoms with Gasteiger partial charge in [-0.05, 0) is 6.07 Å². The monoisotopic (exact) mass is 281 g/mol. The molecule has 0 saturated carbocycles. The molecule has 0 unspecified atom stereocenters. The van der Waals surface area contributed by atoms with Gasteiger partial charge in [0, 0.05) is 17.7 Å². The number of rotatable bonds is 4. The standard InChI is InChI=1S/C15H11N3O3/c19-15(11-4-2-1-3-5-11)9-17-10-16-13-8-12(18(20)21)6-7-14(13)17/h1-8,10H,9H2. The van der Waals surface area contributed by atoms with Crippen molar-refractivity contribution in [2.45, 2.75) is 6.54 Å². The first-order chi connectivity index (χ1) is 10.1. The number of hydrogen-bond donors (Lipinski definition) is 0. The van der Waals surface area contributed by atoms with E-state index in [4.69, 9.17) is 0 Å². The number of imidazole rings is 1. The average molecular weight is 281 g/mol. The molecule has 0 atom stereocenters. The minimum absolute atomic E-state index is 0.0119. The van der Waals surface area contributed by atoms with Gasteiger partial charge in [0.05, 0.1) is 28.8 Å². The lowest BCUT2D eigenvalue weighted by Gasteiger charge is -2.03. The van der Waals surface area contributed by atoms with E-state index in [0.29, 0.717) is 16.6 Å². The number of Topliss-reactive ketones (excluding diaryl/α,β-unsaturated/α-hetero) is 1. The van der Waals surface area contributed by atoms with Gasteiger partial charge < -0.3 is 4.57 Å². The Balaban J connectivity index is 1.91. The summed E-state index contributed by atoms with van der Waals surface area (Å²) < 4.78 is 1.69. The second-order valence-electron chi connectivity index (χ2n) is 4.59. The van der Waals surface area contributed by atoms with E-state index in [1.54, 1.807) is 22.8 Å². The third kappa shape index (κ3) is 2.51. The second-order valence-corrected chi connectivity index (χ2v) is 4.59. The predicted molar refractivity (Wildman–Crippen MR) is 77.2 cm³/mol. The van der Waals surface area contributed by atoms with Crippen molar-refractivity contribution in [1.82, 2.24) is 9.55 Å². The van der Waals surface area contributed by atoms with Crippen LogP contribution in [0.2, 0.25) is 0 Å². The molecule has 3 aromatic rings. The fourth-order valence-corrected chi connectivity index (χ4v) is 2.16. The molecule has 0 aliphatic heterocycles. The minimum atomic E-state index is -0.465. The Morgan fingerprint density at radius 3 is 2.67 bits per heavy atom. The van der Waals surface area contributed by atoms with Crippen molar-refractivity contribution in [3.05, 3.63) is 70.5 Å². The van der Waals surface area contributed by atoms with Crippen molar-refractivity contribution >= 4 is 22.5 Å². The van der Waals surface area contributed by atoms with Crippen LogP contribution in [0.25, 0.3) is 11.0 Å². The zero-order chi connectivity index (χ0) is 14.8. The number of nitro groups is 1.